The molecule has 9 heavy (non-hydrogen) atoms. The number of methoxy groups -OCH3 is 1. The van der Waals surface area contributed by atoms with E-state index in [1.54, 1.807) is 7.11 Å². The van der Waals surface area contributed by atoms with Crippen LogP contribution in [0.3, 0.4) is 0 Å². The van der Waals surface area contributed by atoms with Gasteiger partial charge in [0.1, 0.15) is 0 Å². The smallest absolute Gasteiger partial charge is 0.0950 e. The summed E-state index contributed by atoms with van der Waals surface area (Å²) < 4.78 is 16.9. The van der Waals surface area contributed by atoms with Gasteiger partial charge in [-0.1, -0.05) is 0 Å². The van der Waals surface area contributed by atoms with Gasteiger partial charge in [-0.05, 0) is 0 Å². The predicted octanol–water partition coefficient (Wildman–Crippen LogP) is 0.334. The second kappa shape index (κ2) is 2.62. The summed E-state index contributed by atoms with van der Waals surface area (Å²) in [6.07, 6.45) is 0.524. The van der Waals surface area contributed by atoms with Crippen LogP contribution < -0.4 is 5.32 Å². The van der Waals surface area contributed by atoms with Gasteiger partial charge in [0, 0.05) is 26.6 Å². The van der Waals surface area contributed by atoms with E-state index in [2.05, 4.69) is 5.32 Å². The minimum Gasteiger partial charge on any atom is -0.375 e. The zero-order valence-electron chi connectivity index (χ0n) is 5.61. The Morgan fingerprint density at radius 1 is 1.67 bits per heavy atom. The van der Waals surface area contributed by atoms with Crippen molar-refractivity contribution in [1.82, 2.24) is 5.32 Å². The first-order valence-corrected chi connectivity index (χ1v) is 3.15. The minimum absolute atomic E-state index is 0.172. The van der Waals surface area contributed by atoms with Crippen LogP contribution in [-0.4, -0.2) is 32.5 Å². The molecule has 0 unspecified atom stereocenters. The molecule has 0 amide bonds. The minimum atomic E-state index is -0.282. The molecule has 0 saturated carbocycles. The fraction of sp³-hybridized carbons (Fsp3) is 1.00. The van der Waals surface area contributed by atoms with Crippen LogP contribution in [0.4, 0.5) is 4.39 Å². The van der Waals surface area contributed by atoms with Gasteiger partial charge in [-0.25, -0.2) is 0 Å². The van der Waals surface area contributed by atoms with Crippen molar-refractivity contribution in [3.63, 3.8) is 0 Å². The van der Waals surface area contributed by atoms with Gasteiger partial charge in [-0.15, -0.1) is 0 Å². The van der Waals surface area contributed by atoms with Gasteiger partial charge in [-0.2, -0.15) is 0 Å². The van der Waals surface area contributed by atoms with Crippen LogP contribution in [0.5, 0.6) is 0 Å². The van der Waals surface area contributed by atoms with Gasteiger partial charge < -0.3 is 10.1 Å². The summed E-state index contributed by atoms with van der Waals surface area (Å²) in [6, 6.07) is 0. The van der Waals surface area contributed by atoms with Crippen LogP contribution in [0.25, 0.3) is 0 Å². The summed E-state index contributed by atoms with van der Waals surface area (Å²) in [5, 5.41) is 3.05. The number of ether oxygens (including phenoxy) is 1. The lowest BCUT2D eigenvalue weighted by Gasteiger charge is -2.40. The fourth-order valence-corrected chi connectivity index (χ4v) is 0.999. The van der Waals surface area contributed by atoms with Gasteiger partial charge in [0.25, 0.3) is 0 Å². The van der Waals surface area contributed by atoms with E-state index >= 15 is 0 Å². The third kappa shape index (κ3) is 1.22. The molecule has 1 rings (SSSR count). The van der Waals surface area contributed by atoms with E-state index in [9.17, 15) is 4.39 Å². The molecule has 0 aromatic heterocycles. The van der Waals surface area contributed by atoms with Crippen molar-refractivity contribution in [2.75, 3.05) is 26.9 Å². The maximum Gasteiger partial charge on any atom is 0.0950 e. The SMILES string of the molecule is COC1(CCF)CNC1. The van der Waals surface area contributed by atoms with Crippen LogP contribution >= 0.6 is 0 Å². The summed E-state index contributed by atoms with van der Waals surface area (Å²) in [5.74, 6) is 0. The largest absolute Gasteiger partial charge is 0.375 e. The highest BCUT2D eigenvalue weighted by molar-refractivity contribution is 4.93. The van der Waals surface area contributed by atoms with Crippen molar-refractivity contribution in [3.8, 4) is 0 Å². The van der Waals surface area contributed by atoms with E-state index in [1.165, 1.54) is 0 Å². The second-order valence-corrected chi connectivity index (χ2v) is 2.43. The molecular formula is C6H12FNO. The number of nitrogens with one attached hydrogen (secondary N) is 1. The number of halogens is 1. The topological polar surface area (TPSA) is 21.3 Å². The van der Waals surface area contributed by atoms with Gasteiger partial charge in [0.05, 0.1) is 12.3 Å². The molecule has 0 bridgehead atoms. The quantitative estimate of drug-likeness (QED) is 0.599. The monoisotopic (exact) mass is 133 g/mol. The van der Waals surface area contributed by atoms with Crippen molar-refractivity contribution < 1.29 is 9.13 Å². The molecule has 0 spiro atoms. The zero-order valence-corrected chi connectivity index (χ0v) is 5.61. The average molecular weight is 133 g/mol. The van der Waals surface area contributed by atoms with E-state index in [0.29, 0.717) is 6.42 Å². The molecule has 0 atom stereocenters. The van der Waals surface area contributed by atoms with Gasteiger partial charge in [0.2, 0.25) is 0 Å². The Balaban J connectivity index is 2.28. The van der Waals surface area contributed by atoms with E-state index in [1.807, 2.05) is 0 Å². The molecule has 1 aliphatic rings. The molecule has 0 aromatic rings. The number of alkyl halides is 1. The summed E-state index contributed by atoms with van der Waals surface area (Å²) in [4.78, 5) is 0. The van der Waals surface area contributed by atoms with Crippen molar-refractivity contribution in [2.24, 2.45) is 0 Å². The first-order valence-electron chi connectivity index (χ1n) is 3.15. The fourth-order valence-electron chi connectivity index (χ4n) is 0.999. The van der Waals surface area contributed by atoms with Crippen LogP contribution in [0.15, 0.2) is 0 Å². The molecule has 3 heteroatoms. The standard InChI is InChI=1S/C6H12FNO/c1-9-6(2-3-7)4-8-5-6/h8H,2-5H2,1H3. The molecule has 1 N–H and O–H groups in total. The molecule has 0 aliphatic carbocycles. The normalized spacial score (nSPS) is 23.3. The molecular weight excluding hydrogens is 121 g/mol. The first kappa shape index (κ1) is 6.96. The molecule has 0 radical (unpaired) electrons. The van der Waals surface area contributed by atoms with Crippen molar-refractivity contribution in [1.29, 1.82) is 0 Å². The zero-order chi connectivity index (χ0) is 6.74. The van der Waals surface area contributed by atoms with Crippen LogP contribution in [0.2, 0.25) is 0 Å². The maximum absolute atomic E-state index is 11.8. The van der Waals surface area contributed by atoms with Gasteiger partial charge in [0.15, 0.2) is 0 Å². The Morgan fingerprint density at radius 3 is 2.44 bits per heavy atom. The first-order chi connectivity index (χ1) is 4.33. The Hall–Kier alpha value is -0.150. The third-order valence-corrected chi connectivity index (χ3v) is 1.88. The van der Waals surface area contributed by atoms with E-state index in [0.717, 1.165) is 13.1 Å². The molecule has 1 heterocycles. The number of hydrogen-bond donors (Lipinski definition) is 1. The van der Waals surface area contributed by atoms with Gasteiger partial charge in [-0.3, -0.25) is 4.39 Å². The number of rotatable bonds is 3. The van der Waals surface area contributed by atoms with Crippen LogP contribution in [0, 0.1) is 0 Å². The lowest BCUT2D eigenvalue weighted by Crippen LogP contribution is -2.60. The molecule has 1 aliphatic heterocycles. The molecule has 2 nitrogen and oxygen atoms in total. The lowest BCUT2D eigenvalue weighted by molar-refractivity contribution is -0.0603. The van der Waals surface area contributed by atoms with E-state index in [-0.39, 0.29) is 12.3 Å². The Bertz CT molecular complexity index is 87.5. The lowest BCUT2D eigenvalue weighted by atomic mass is 9.93. The van der Waals surface area contributed by atoms with Crippen molar-refractivity contribution >= 4 is 0 Å². The molecule has 1 fully saturated rings. The average Bonchev–Trinajstić information content (AvgIpc) is 1.79. The van der Waals surface area contributed by atoms with Crippen molar-refractivity contribution in [2.45, 2.75) is 12.0 Å². The summed E-state index contributed by atoms with van der Waals surface area (Å²) in [5.41, 5.74) is -0.172. The Labute approximate surface area is 54.4 Å². The van der Waals surface area contributed by atoms with Crippen molar-refractivity contribution in [3.05, 3.63) is 0 Å². The van der Waals surface area contributed by atoms with E-state index < -0.39 is 0 Å². The summed E-state index contributed by atoms with van der Waals surface area (Å²) >= 11 is 0. The summed E-state index contributed by atoms with van der Waals surface area (Å²) in [7, 11) is 1.64. The van der Waals surface area contributed by atoms with Crippen LogP contribution in [0.1, 0.15) is 6.42 Å². The Kier molecular flexibility index (Phi) is 2.03. The highest BCUT2D eigenvalue weighted by Crippen LogP contribution is 2.19. The maximum atomic E-state index is 11.8. The highest BCUT2D eigenvalue weighted by atomic mass is 19.1. The van der Waals surface area contributed by atoms with E-state index in [4.69, 9.17) is 4.74 Å². The van der Waals surface area contributed by atoms with Gasteiger partial charge >= 0.3 is 0 Å². The Morgan fingerprint density at radius 2 is 2.33 bits per heavy atom. The number of hydrogen-bond acceptors (Lipinski definition) is 2. The van der Waals surface area contributed by atoms with Crippen LogP contribution in [-0.2, 0) is 4.74 Å². The second-order valence-electron chi connectivity index (χ2n) is 2.43. The molecule has 0 aromatic carbocycles. The molecule has 1 saturated heterocycles. The predicted molar refractivity (Wildman–Crippen MR) is 33.2 cm³/mol. The third-order valence-electron chi connectivity index (χ3n) is 1.88. The highest BCUT2D eigenvalue weighted by Gasteiger charge is 2.36. The summed E-state index contributed by atoms with van der Waals surface area (Å²) in [6.45, 7) is 1.32. The molecule has 54 valence electrons.